The van der Waals surface area contributed by atoms with Crippen molar-refractivity contribution < 1.29 is 17.8 Å². The lowest BCUT2D eigenvalue weighted by atomic mass is 10.2. The second-order valence-corrected chi connectivity index (χ2v) is 9.18. The second-order valence-electron chi connectivity index (χ2n) is 7.27. The third kappa shape index (κ3) is 4.22. The van der Waals surface area contributed by atoms with Gasteiger partial charge in [-0.15, -0.1) is 0 Å². The first-order chi connectivity index (χ1) is 14.9. The maximum absolute atomic E-state index is 13.0. The minimum atomic E-state index is -3.96. The number of aromatic nitrogens is 1. The Labute approximate surface area is 180 Å². The van der Waals surface area contributed by atoms with Gasteiger partial charge >= 0.3 is 0 Å². The Hall–Kier alpha value is -3.08. The number of nitro benzene ring substituents is 1. The maximum Gasteiger partial charge on any atom is 0.289 e. The van der Waals surface area contributed by atoms with E-state index in [9.17, 15) is 18.5 Å². The molecule has 3 aromatic rings. The van der Waals surface area contributed by atoms with Crippen LogP contribution in [0, 0.1) is 10.1 Å². The molecular formula is C21H22N4O5S. The van der Waals surface area contributed by atoms with Gasteiger partial charge in [0.05, 0.1) is 17.2 Å². The summed E-state index contributed by atoms with van der Waals surface area (Å²) < 4.78 is 33.2. The van der Waals surface area contributed by atoms with Crippen molar-refractivity contribution in [1.29, 1.82) is 0 Å². The average Bonchev–Trinajstić information content (AvgIpc) is 3.29. The highest BCUT2D eigenvalue weighted by Crippen LogP contribution is 2.29. The minimum Gasteiger partial charge on any atom is -0.439 e. The molecule has 2 heterocycles. The summed E-state index contributed by atoms with van der Waals surface area (Å²) in [4.78, 5) is 16.8. The molecule has 0 N–H and O–H groups in total. The number of sulfonamides is 1. The highest BCUT2D eigenvalue weighted by molar-refractivity contribution is 7.89. The topological polar surface area (TPSA) is 110 Å². The molecule has 1 aliphatic rings. The third-order valence-electron chi connectivity index (χ3n) is 5.44. The van der Waals surface area contributed by atoms with Crippen LogP contribution in [0.2, 0.25) is 0 Å². The molecule has 0 spiro atoms. The highest BCUT2D eigenvalue weighted by atomic mass is 32.2. The first-order valence-electron chi connectivity index (χ1n) is 9.86. The van der Waals surface area contributed by atoms with Crippen LogP contribution in [-0.4, -0.2) is 53.7 Å². The van der Waals surface area contributed by atoms with Crippen molar-refractivity contribution in [3.05, 3.63) is 76.8 Å². The molecule has 1 atom stereocenters. The van der Waals surface area contributed by atoms with Gasteiger partial charge in [0.1, 0.15) is 0 Å². The minimum absolute atomic E-state index is 0.131. The number of oxazole rings is 1. The number of nitro groups is 1. The standard InChI is InChI=1S/C21H22N4O5S/c1-16(21-22-15-19(30-21)17-7-3-2-4-8-17)23-11-13-24(14-12-23)31(28,29)20-10-6-5-9-18(20)25(26)27/h2-10,15-16H,11-14H2,1H3. The summed E-state index contributed by atoms with van der Waals surface area (Å²) in [6, 6.07) is 15.0. The Bertz CT molecular complexity index is 1170. The van der Waals surface area contributed by atoms with Crippen LogP contribution in [0.5, 0.6) is 0 Å². The molecule has 31 heavy (non-hydrogen) atoms. The van der Waals surface area contributed by atoms with E-state index in [1.165, 1.54) is 28.6 Å². The lowest BCUT2D eigenvalue weighted by Gasteiger charge is -2.36. The van der Waals surface area contributed by atoms with E-state index in [-0.39, 0.29) is 24.0 Å². The van der Waals surface area contributed by atoms with Gasteiger partial charge in [0.25, 0.3) is 5.69 Å². The van der Waals surface area contributed by atoms with Gasteiger partial charge in [-0.1, -0.05) is 42.5 Å². The molecule has 1 aliphatic heterocycles. The Morgan fingerprint density at radius 2 is 1.68 bits per heavy atom. The number of para-hydroxylation sites is 1. The van der Waals surface area contributed by atoms with Crippen LogP contribution >= 0.6 is 0 Å². The molecule has 0 radical (unpaired) electrons. The largest absolute Gasteiger partial charge is 0.439 e. The summed E-state index contributed by atoms with van der Waals surface area (Å²) >= 11 is 0. The summed E-state index contributed by atoms with van der Waals surface area (Å²) in [5, 5.41) is 11.3. The zero-order chi connectivity index (χ0) is 22.0. The molecule has 4 rings (SSSR count). The van der Waals surface area contributed by atoms with Crippen LogP contribution in [0.15, 0.2) is 70.1 Å². The fraction of sp³-hybridized carbons (Fsp3) is 0.286. The Morgan fingerprint density at radius 3 is 2.35 bits per heavy atom. The predicted octanol–water partition coefficient (Wildman–Crippen LogP) is 3.32. The van der Waals surface area contributed by atoms with Crippen molar-refractivity contribution in [2.45, 2.75) is 17.9 Å². The fourth-order valence-electron chi connectivity index (χ4n) is 3.67. The summed E-state index contributed by atoms with van der Waals surface area (Å²) in [6.07, 6.45) is 1.69. The van der Waals surface area contributed by atoms with Gasteiger partial charge < -0.3 is 4.42 Å². The van der Waals surface area contributed by atoms with Gasteiger partial charge in [0, 0.05) is 37.8 Å². The van der Waals surface area contributed by atoms with Crippen LogP contribution < -0.4 is 0 Å². The number of nitrogens with zero attached hydrogens (tertiary/aromatic N) is 4. The monoisotopic (exact) mass is 442 g/mol. The second kappa shape index (κ2) is 8.58. The van der Waals surface area contributed by atoms with Gasteiger partial charge in [-0.05, 0) is 13.0 Å². The van der Waals surface area contributed by atoms with Crippen molar-refractivity contribution in [2.75, 3.05) is 26.2 Å². The molecule has 1 fully saturated rings. The number of piperazine rings is 1. The van der Waals surface area contributed by atoms with E-state index in [2.05, 4.69) is 9.88 Å². The van der Waals surface area contributed by atoms with Crippen molar-refractivity contribution in [1.82, 2.24) is 14.2 Å². The van der Waals surface area contributed by atoms with Crippen molar-refractivity contribution in [3.63, 3.8) is 0 Å². The number of hydrogen-bond acceptors (Lipinski definition) is 7. The lowest BCUT2D eigenvalue weighted by molar-refractivity contribution is -0.387. The molecule has 162 valence electrons. The number of rotatable bonds is 6. The maximum atomic E-state index is 13.0. The Balaban J connectivity index is 1.45. The SMILES string of the molecule is CC(c1ncc(-c2ccccc2)o1)N1CCN(S(=O)(=O)c2ccccc2[N+](=O)[O-])CC1. The lowest BCUT2D eigenvalue weighted by Crippen LogP contribution is -2.49. The molecule has 0 amide bonds. The van der Waals surface area contributed by atoms with Gasteiger partial charge in [-0.2, -0.15) is 4.31 Å². The number of benzene rings is 2. The van der Waals surface area contributed by atoms with E-state index in [0.29, 0.717) is 24.7 Å². The third-order valence-corrected chi connectivity index (χ3v) is 7.39. The van der Waals surface area contributed by atoms with E-state index in [1.807, 2.05) is 37.3 Å². The van der Waals surface area contributed by atoms with E-state index in [0.717, 1.165) is 5.56 Å². The molecule has 10 heteroatoms. The van der Waals surface area contributed by atoms with Crippen LogP contribution in [0.25, 0.3) is 11.3 Å². The van der Waals surface area contributed by atoms with Crippen LogP contribution in [0.3, 0.4) is 0 Å². The molecule has 1 aromatic heterocycles. The normalized spacial score (nSPS) is 16.8. The van der Waals surface area contributed by atoms with Crippen LogP contribution in [0.4, 0.5) is 5.69 Å². The Morgan fingerprint density at radius 1 is 1.03 bits per heavy atom. The van der Waals surface area contributed by atoms with Crippen LogP contribution in [0.1, 0.15) is 18.9 Å². The van der Waals surface area contributed by atoms with Gasteiger partial charge in [-0.3, -0.25) is 15.0 Å². The van der Waals surface area contributed by atoms with Crippen molar-refractivity contribution in [2.24, 2.45) is 0 Å². The van der Waals surface area contributed by atoms with Gasteiger partial charge in [0.15, 0.2) is 10.7 Å². The molecular weight excluding hydrogens is 420 g/mol. The highest BCUT2D eigenvalue weighted by Gasteiger charge is 2.35. The predicted molar refractivity (Wildman–Crippen MR) is 114 cm³/mol. The summed E-state index contributed by atoms with van der Waals surface area (Å²) in [5.74, 6) is 1.24. The average molecular weight is 442 g/mol. The molecule has 1 saturated heterocycles. The zero-order valence-corrected chi connectivity index (χ0v) is 17.7. The van der Waals surface area contributed by atoms with E-state index < -0.39 is 20.6 Å². The van der Waals surface area contributed by atoms with E-state index >= 15 is 0 Å². The molecule has 0 saturated carbocycles. The van der Waals surface area contributed by atoms with Crippen LogP contribution in [-0.2, 0) is 10.0 Å². The summed E-state index contributed by atoms with van der Waals surface area (Å²) in [6.45, 7) is 3.34. The smallest absolute Gasteiger partial charge is 0.289 e. The summed E-state index contributed by atoms with van der Waals surface area (Å²) in [7, 11) is -3.96. The quantitative estimate of drug-likeness (QED) is 0.425. The zero-order valence-electron chi connectivity index (χ0n) is 16.9. The molecule has 0 bridgehead atoms. The number of hydrogen-bond donors (Lipinski definition) is 0. The van der Waals surface area contributed by atoms with E-state index in [4.69, 9.17) is 4.42 Å². The molecule has 2 aromatic carbocycles. The molecule has 9 nitrogen and oxygen atoms in total. The first-order valence-corrected chi connectivity index (χ1v) is 11.3. The van der Waals surface area contributed by atoms with E-state index in [1.54, 1.807) is 6.20 Å². The molecule has 0 aliphatic carbocycles. The van der Waals surface area contributed by atoms with Gasteiger partial charge in [0.2, 0.25) is 15.9 Å². The first kappa shape index (κ1) is 21.2. The van der Waals surface area contributed by atoms with Crippen molar-refractivity contribution >= 4 is 15.7 Å². The molecule has 1 unspecified atom stereocenters. The fourth-order valence-corrected chi connectivity index (χ4v) is 5.25. The Kier molecular flexibility index (Phi) is 5.86. The van der Waals surface area contributed by atoms with Crippen molar-refractivity contribution in [3.8, 4) is 11.3 Å². The summed E-state index contributed by atoms with van der Waals surface area (Å²) in [5.41, 5.74) is 0.528. The van der Waals surface area contributed by atoms with Gasteiger partial charge in [-0.25, -0.2) is 13.4 Å².